The molecule has 4 nitrogen and oxygen atoms in total. The highest BCUT2D eigenvalue weighted by atomic mass is 79.9. The molecule has 0 aliphatic heterocycles. The number of rotatable bonds is 5. The summed E-state index contributed by atoms with van der Waals surface area (Å²) in [7, 11) is 0. The van der Waals surface area contributed by atoms with Crippen molar-refractivity contribution < 1.29 is 9.59 Å². The van der Waals surface area contributed by atoms with Crippen LogP contribution in [0.5, 0.6) is 0 Å². The van der Waals surface area contributed by atoms with Gasteiger partial charge in [-0.1, -0.05) is 45.2 Å². The number of carbonyl (C=O) groups is 2. The Morgan fingerprint density at radius 3 is 2.39 bits per heavy atom. The Bertz CT molecular complexity index is 554. The predicted molar refractivity (Wildman–Crippen MR) is 95.2 cm³/mol. The van der Waals surface area contributed by atoms with E-state index in [0.29, 0.717) is 5.56 Å². The summed E-state index contributed by atoms with van der Waals surface area (Å²) in [6.45, 7) is 3.90. The van der Waals surface area contributed by atoms with Crippen molar-refractivity contribution in [1.82, 2.24) is 10.6 Å². The zero-order chi connectivity index (χ0) is 16.8. The number of hydrogen-bond acceptors (Lipinski definition) is 2. The predicted octanol–water partition coefficient (Wildman–Crippen LogP) is 3.65. The van der Waals surface area contributed by atoms with Crippen molar-refractivity contribution in [2.24, 2.45) is 5.92 Å². The summed E-state index contributed by atoms with van der Waals surface area (Å²) in [5.41, 5.74) is 0.545. The summed E-state index contributed by atoms with van der Waals surface area (Å²) >= 11 is 3.38. The van der Waals surface area contributed by atoms with Crippen LogP contribution in [0.25, 0.3) is 0 Å². The first kappa shape index (κ1) is 18.0. The van der Waals surface area contributed by atoms with Gasteiger partial charge < -0.3 is 10.6 Å². The van der Waals surface area contributed by atoms with E-state index in [2.05, 4.69) is 26.6 Å². The van der Waals surface area contributed by atoms with Gasteiger partial charge in [0.2, 0.25) is 5.91 Å². The lowest BCUT2D eigenvalue weighted by Gasteiger charge is -2.27. The van der Waals surface area contributed by atoms with Crippen LogP contribution in [0, 0.1) is 5.92 Å². The van der Waals surface area contributed by atoms with Crippen LogP contribution in [0.1, 0.15) is 56.3 Å². The van der Waals surface area contributed by atoms with Gasteiger partial charge in [0.05, 0.1) is 5.56 Å². The van der Waals surface area contributed by atoms with Crippen molar-refractivity contribution in [2.75, 3.05) is 0 Å². The molecule has 0 saturated heterocycles. The third kappa shape index (κ3) is 5.06. The lowest BCUT2D eigenvalue weighted by atomic mass is 9.94. The van der Waals surface area contributed by atoms with E-state index in [1.807, 2.05) is 32.0 Å². The molecule has 0 radical (unpaired) electrons. The normalized spacial score (nSPS) is 16.9. The molecular weight excluding hydrogens is 356 g/mol. The van der Waals surface area contributed by atoms with Crippen molar-refractivity contribution in [3.8, 4) is 0 Å². The third-order valence-corrected chi connectivity index (χ3v) is 5.00. The molecule has 1 saturated carbocycles. The van der Waals surface area contributed by atoms with Crippen molar-refractivity contribution in [3.63, 3.8) is 0 Å². The average Bonchev–Trinajstić information content (AvgIpc) is 2.53. The highest BCUT2D eigenvalue weighted by Gasteiger charge is 2.27. The van der Waals surface area contributed by atoms with E-state index in [0.717, 1.165) is 17.3 Å². The first-order chi connectivity index (χ1) is 11.0. The molecule has 1 fully saturated rings. The zero-order valence-corrected chi connectivity index (χ0v) is 15.4. The van der Waals surface area contributed by atoms with E-state index in [1.54, 1.807) is 6.07 Å². The lowest BCUT2D eigenvalue weighted by Crippen LogP contribution is -2.52. The van der Waals surface area contributed by atoms with Crippen molar-refractivity contribution in [3.05, 3.63) is 34.3 Å². The van der Waals surface area contributed by atoms with Crippen LogP contribution in [-0.2, 0) is 4.79 Å². The standard InChI is InChI=1S/C18H25BrN2O2/c1-12(2)16(18(23)20-13-8-4-3-5-9-13)21-17(22)14-10-6-7-11-15(14)19/h6-7,10-13,16H,3-5,8-9H2,1-2H3,(H,20,23)(H,21,22)/t16-/m0/s1. The number of carbonyl (C=O) groups excluding carboxylic acids is 2. The lowest BCUT2D eigenvalue weighted by molar-refractivity contribution is -0.124. The maximum Gasteiger partial charge on any atom is 0.253 e. The Kier molecular flexibility index (Phi) is 6.63. The topological polar surface area (TPSA) is 58.2 Å². The summed E-state index contributed by atoms with van der Waals surface area (Å²) < 4.78 is 0.729. The van der Waals surface area contributed by atoms with Crippen LogP contribution in [0.15, 0.2) is 28.7 Å². The van der Waals surface area contributed by atoms with Crippen LogP contribution in [0.3, 0.4) is 0 Å². The van der Waals surface area contributed by atoms with Gasteiger partial charge in [-0.25, -0.2) is 0 Å². The molecule has 0 aromatic heterocycles. The first-order valence-electron chi connectivity index (χ1n) is 8.35. The SMILES string of the molecule is CC(C)[C@H](NC(=O)c1ccccc1Br)C(=O)NC1CCCCC1. The van der Waals surface area contributed by atoms with Crippen molar-refractivity contribution in [1.29, 1.82) is 0 Å². The van der Waals surface area contributed by atoms with Crippen LogP contribution in [-0.4, -0.2) is 23.9 Å². The van der Waals surface area contributed by atoms with E-state index < -0.39 is 6.04 Å². The van der Waals surface area contributed by atoms with Crippen LogP contribution in [0.2, 0.25) is 0 Å². The summed E-state index contributed by atoms with van der Waals surface area (Å²) in [6.07, 6.45) is 5.66. The van der Waals surface area contributed by atoms with Gasteiger partial charge in [0.1, 0.15) is 6.04 Å². The highest BCUT2D eigenvalue weighted by Crippen LogP contribution is 2.19. The number of halogens is 1. The van der Waals surface area contributed by atoms with Gasteiger partial charge in [-0.05, 0) is 46.8 Å². The Labute approximate surface area is 146 Å². The minimum Gasteiger partial charge on any atom is -0.352 e. The number of amides is 2. The molecule has 2 N–H and O–H groups in total. The summed E-state index contributed by atoms with van der Waals surface area (Å²) in [5.74, 6) is -0.271. The molecule has 126 valence electrons. The number of nitrogens with one attached hydrogen (secondary N) is 2. The molecule has 1 aliphatic rings. The molecule has 1 atom stereocenters. The van der Waals surface area contributed by atoms with Crippen molar-refractivity contribution >= 4 is 27.7 Å². The smallest absolute Gasteiger partial charge is 0.253 e. The number of hydrogen-bond donors (Lipinski definition) is 2. The second kappa shape index (κ2) is 8.48. The summed E-state index contributed by atoms with van der Waals surface area (Å²) in [5, 5.41) is 5.99. The first-order valence-corrected chi connectivity index (χ1v) is 9.14. The van der Waals surface area contributed by atoms with Gasteiger partial charge in [0, 0.05) is 10.5 Å². The van der Waals surface area contributed by atoms with Crippen LogP contribution >= 0.6 is 15.9 Å². The Morgan fingerprint density at radius 2 is 1.78 bits per heavy atom. The largest absolute Gasteiger partial charge is 0.352 e. The number of benzene rings is 1. The van der Waals surface area contributed by atoms with Gasteiger partial charge in [0.25, 0.3) is 5.91 Å². The van der Waals surface area contributed by atoms with Gasteiger partial charge >= 0.3 is 0 Å². The zero-order valence-electron chi connectivity index (χ0n) is 13.8. The molecule has 2 rings (SSSR count). The molecule has 1 aliphatic carbocycles. The maximum atomic E-state index is 12.6. The van der Waals surface area contributed by atoms with E-state index in [-0.39, 0.29) is 23.8 Å². The monoisotopic (exact) mass is 380 g/mol. The molecule has 2 amide bonds. The molecule has 0 heterocycles. The minimum atomic E-state index is -0.517. The van der Waals surface area contributed by atoms with E-state index >= 15 is 0 Å². The van der Waals surface area contributed by atoms with Gasteiger partial charge in [0.15, 0.2) is 0 Å². The fraction of sp³-hybridized carbons (Fsp3) is 0.556. The van der Waals surface area contributed by atoms with Crippen molar-refractivity contribution in [2.45, 2.75) is 58.0 Å². The van der Waals surface area contributed by atoms with Crippen LogP contribution in [0.4, 0.5) is 0 Å². The molecule has 0 unspecified atom stereocenters. The molecular formula is C18H25BrN2O2. The second-order valence-electron chi connectivity index (χ2n) is 6.52. The molecule has 23 heavy (non-hydrogen) atoms. The quantitative estimate of drug-likeness (QED) is 0.818. The Hall–Kier alpha value is -1.36. The van der Waals surface area contributed by atoms with Gasteiger partial charge in [-0.3, -0.25) is 9.59 Å². The third-order valence-electron chi connectivity index (χ3n) is 4.31. The molecule has 1 aromatic carbocycles. The Balaban J connectivity index is 2.01. The highest BCUT2D eigenvalue weighted by molar-refractivity contribution is 9.10. The van der Waals surface area contributed by atoms with Crippen LogP contribution < -0.4 is 10.6 Å². The molecule has 5 heteroatoms. The average molecular weight is 381 g/mol. The summed E-state index contributed by atoms with van der Waals surface area (Å²) in [4.78, 5) is 25.0. The second-order valence-corrected chi connectivity index (χ2v) is 7.37. The molecule has 0 spiro atoms. The van der Waals surface area contributed by atoms with E-state index in [1.165, 1.54) is 19.3 Å². The minimum absolute atomic E-state index is 0.0324. The Morgan fingerprint density at radius 1 is 1.13 bits per heavy atom. The summed E-state index contributed by atoms with van der Waals surface area (Å²) in [6, 6.07) is 6.97. The fourth-order valence-electron chi connectivity index (χ4n) is 2.94. The molecule has 0 bridgehead atoms. The maximum absolute atomic E-state index is 12.6. The van der Waals surface area contributed by atoms with Gasteiger partial charge in [-0.15, -0.1) is 0 Å². The molecule has 1 aromatic rings. The fourth-order valence-corrected chi connectivity index (χ4v) is 3.40. The van der Waals surface area contributed by atoms with E-state index in [9.17, 15) is 9.59 Å². The van der Waals surface area contributed by atoms with Gasteiger partial charge in [-0.2, -0.15) is 0 Å². The van der Waals surface area contributed by atoms with E-state index in [4.69, 9.17) is 0 Å².